The summed E-state index contributed by atoms with van der Waals surface area (Å²) >= 11 is 0. The van der Waals surface area contributed by atoms with Crippen molar-refractivity contribution in [3.05, 3.63) is 18.0 Å². The van der Waals surface area contributed by atoms with E-state index < -0.39 is 0 Å². The van der Waals surface area contributed by atoms with Gasteiger partial charge >= 0.3 is 0 Å². The van der Waals surface area contributed by atoms with Crippen molar-refractivity contribution in [1.29, 1.82) is 0 Å². The van der Waals surface area contributed by atoms with E-state index in [1.165, 1.54) is 25.0 Å². The Bertz CT molecular complexity index is 470. The van der Waals surface area contributed by atoms with Crippen molar-refractivity contribution in [2.24, 2.45) is 0 Å². The summed E-state index contributed by atoms with van der Waals surface area (Å²) in [6, 6.07) is 3.01. The molecule has 1 aliphatic heterocycles. The lowest BCUT2D eigenvalue weighted by atomic mass is 9.87. The van der Waals surface area contributed by atoms with Gasteiger partial charge in [0.25, 0.3) is 0 Å². The van der Waals surface area contributed by atoms with E-state index in [0.717, 1.165) is 25.9 Å². The first-order valence-corrected chi connectivity index (χ1v) is 7.82. The number of aromatic nitrogens is 2. The molecule has 1 aromatic heterocycles. The second-order valence-corrected chi connectivity index (χ2v) is 5.88. The average molecular weight is 276 g/mol. The number of nitrogens with one attached hydrogen (secondary N) is 1. The third-order valence-corrected chi connectivity index (χ3v) is 4.65. The fraction of sp³-hybridized carbons (Fsp3) is 0.733. The lowest BCUT2D eigenvalue weighted by Crippen LogP contribution is -2.61. The van der Waals surface area contributed by atoms with Gasteiger partial charge in [-0.15, -0.1) is 0 Å². The van der Waals surface area contributed by atoms with E-state index in [2.05, 4.69) is 28.3 Å². The van der Waals surface area contributed by atoms with Gasteiger partial charge in [0.2, 0.25) is 5.91 Å². The van der Waals surface area contributed by atoms with E-state index in [-0.39, 0.29) is 5.91 Å². The number of amides is 1. The number of carbonyl (C=O) groups is 1. The van der Waals surface area contributed by atoms with Crippen molar-refractivity contribution < 1.29 is 4.79 Å². The van der Waals surface area contributed by atoms with Crippen LogP contribution in [0.4, 0.5) is 0 Å². The molecule has 2 heterocycles. The van der Waals surface area contributed by atoms with Crippen LogP contribution in [0.2, 0.25) is 0 Å². The molecule has 2 atom stereocenters. The number of nitrogens with zero attached hydrogens (tertiary/aromatic N) is 3. The van der Waals surface area contributed by atoms with E-state index >= 15 is 0 Å². The van der Waals surface area contributed by atoms with Crippen LogP contribution in [0.5, 0.6) is 0 Å². The van der Waals surface area contributed by atoms with Gasteiger partial charge in [-0.05, 0) is 25.8 Å². The molecule has 0 aromatic carbocycles. The van der Waals surface area contributed by atoms with Crippen LogP contribution in [0.25, 0.3) is 0 Å². The predicted molar refractivity (Wildman–Crippen MR) is 77.4 cm³/mol. The highest BCUT2D eigenvalue weighted by Gasteiger charge is 2.35. The monoisotopic (exact) mass is 276 g/mol. The van der Waals surface area contributed by atoms with Gasteiger partial charge < -0.3 is 5.32 Å². The van der Waals surface area contributed by atoms with Gasteiger partial charge in [0.05, 0.1) is 6.54 Å². The summed E-state index contributed by atoms with van der Waals surface area (Å²) < 4.78 is 2.04. The molecule has 1 aromatic rings. The molecule has 1 aliphatic carbocycles. The Morgan fingerprint density at radius 2 is 2.25 bits per heavy atom. The SMILES string of the molecule is CCn1nccc1CCN1CC(=O)NC2CCCCC21. The molecule has 2 aliphatic rings. The van der Waals surface area contributed by atoms with E-state index in [1.807, 2.05) is 10.9 Å². The number of piperazine rings is 1. The van der Waals surface area contributed by atoms with E-state index in [4.69, 9.17) is 0 Å². The van der Waals surface area contributed by atoms with Crippen LogP contribution >= 0.6 is 0 Å². The van der Waals surface area contributed by atoms with Crippen molar-refractivity contribution in [2.75, 3.05) is 13.1 Å². The van der Waals surface area contributed by atoms with Crippen molar-refractivity contribution in [3.8, 4) is 0 Å². The smallest absolute Gasteiger partial charge is 0.234 e. The summed E-state index contributed by atoms with van der Waals surface area (Å²) in [6.07, 6.45) is 7.74. The maximum Gasteiger partial charge on any atom is 0.234 e. The van der Waals surface area contributed by atoms with Gasteiger partial charge in [0, 0.05) is 43.5 Å². The third kappa shape index (κ3) is 2.73. The van der Waals surface area contributed by atoms with Gasteiger partial charge in [-0.25, -0.2) is 0 Å². The fourth-order valence-corrected chi connectivity index (χ4v) is 3.63. The minimum absolute atomic E-state index is 0.192. The lowest BCUT2D eigenvalue weighted by molar-refractivity contribution is -0.128. The zero-order valence-corrected chi connectivity index (χ0v) is 12.2. The molecule has 1 N–H and O–H groups in total. The highest BCUT2D eigenvalue weighted by atomic mass is 16.2. The summed E-state index contributed by atoms with van der Waals surface area (Å²) in [4.78, 5) is 14.2. The van der Waals surface area contributed by atoms with Crippen molar-refractivity contribution in [1.82, 2.24) is 20.0 Å². The first-order valence-electron chi connectivity index (χ1n) is 7.82. The molecule has 110 valence electrons. The number of rotatable bonds is 4. The Morgan fingerprint density at radius 3 is 3.10 bits per heavy atom. The molecule has 3 rings (SSSR count). The number of hydrogen-bond donors (Lipinski definition) is 1. The molecule has 5 heteroatoms. The van der Waals surface area contributed by atoms with Crippen molar-refractivity contribution in [2.45, 2.75) is 57.7 Å². The van der Waals surface area contributed by atoms with Crippen LogP contribution in [-0.2, 0) is 17.8 Å². The number of aryl methyl sites for hydroxylation is 1. The molecule has 1 saturated heterocycles. The largest absolute Gasteiger partial charge is 0.351 e. The molecular weight excluding hydrogens is 252 g/mol. The summed E-state index contributed by atoms with van der Waals surface area (Å²) in [7, 11) is 0. The summed E-state index contributed by atoms with van der Waals surface area (Å²) in [5, 5.41) is 7.48. The first-order chi connectivity index (χ1) is 9.78. The van der Waals surface area contributed by atoms with Crippen LogP contribution in [0.1, 0.15) is 38.3 Å². The van der Waals surface area contributed by atoms with Crippen molar-refractivity contribution >= 4 is 5.91 Å². The van der Waals surface area contributed by atoms with Crippen LogP contribution in [-0.4, -0.2) is 45.8 Å². The highest BCUT2D eigenvalue weighted by Crippen LogP contribution is 2.25. The second-order valence-electron chi connectivity index (χ2n) is 5.88. The van der Waals surface area contributed by atoms with Gasteiger partial charge in [-0.2, -0.15) is 5.10 Å². The maximum absolute atomic E-state index is 11.8. The van der Waals surface area contributed by atoms with E-state index in [1.54, 1.807) is 0 Å². The molecule has 5 nitrogen and oxygen atoms in total. The predicted octanol–water partition coefficient (Wildman–Crippen LogP) is 1.19. The molecular formula is C15H24N4O. The van der Waals surface area contributed by atoms with Gasteiger partial charge in [0.15, 0.2) is 0 Å². The summed E-state index contributed by atoms with van der Waals surface area (Å²) in [6.45, 7) is 4.54. The van der Waals surface area contributed by atoms with Crippen LogP contribution in [0.3, 0.4) is 0 Å². The number of carbonyl (C=O) groups excluding carboxylic acids is 1. The van der Waals surface area contributed by atoms with Crippen LogP contribution in [0, 0.1) is 0 Å². The van der Waals surface area contributed by atoms with E-state index in [0.29, 0.717) is 18.6 Å². The Kier molecular flexibility index (Phi) is 4.05. The maximum atomic E-state index is 11.8. The topological polar surface area (TPSA) is 50.2 Å². The normalized spacial score (nSPS) is 27.1. The molecule has 1 saturated carbocycles. The molecule has 2 unspecified atom stereocenters. The molecule has 0 spiro atoms. The van der Waals surface area contributed by atoms with E-state index in [9.17, 15) is 4.79 Å². The zero-order valence-electron chi connectivity index (χ0n) is 12.2. The quantitative estimate of drug-likeness (QED) is 0.898. The molecule has 0 radical (unpaired) electrons. The van der Waals surface area contributed by atoms with Crippen LogP contribution < -0.4 is 5.32 Å². The third-order valence-electron chi connectivity index (χ3n) is 4.65. The zero-order chi connectivity index (χ0) is 13.9. The van der Waals surface area contributed by atoms with Gasteiger partial charge in [0.1, 0.15) is 0 Å². The average Bonchev–Trinajstić information content (AvgIpc) is 2.92. The summed E-state index contributed by atoms with van der Waals surface area (Å²) in [5.74, 6) is 0.192. The van der Waals surface area contributed by atoms with Gasteiger partial charge in [-0.3, -0.25) is 14.4 Å². The van der Waals surface area contributed by atoms with Crippen molar-refractivity contribution in [3.63, 3.8) is 0 Å². The number of hydrogen-bond acceptors (Lipinski definition) is 3. The van der Waals surface area contributed by atoms with Gasteiger partial charge in [-0.1, -0.05) is 12.8 Å². The molecule has 0 bridgehead atoms. The minimum Gasteiger partial charge on any atom is -0.351 e. The Balaban J connectivity index is 1.64. The molecule has 2 fully saturated rings. The fourth-order valence-electron chi connectivity index (χ4n) is 3.63. The standard InChI is InChI=1S/C15H24N4O/c1-2-19-12(7-9-16-19)8-10-18-11-15(20)17-13-5-3-4-6-14(13)18/h7,9,13-14H,2-6,8,10-11H2,1H3,(H,17,20). The lowest BCUT2D eigenvalue weighted by Gasteiger charge is -2.44. The molecule has 20 heavy (non-hydrogen) atoms. The van der Waals surface area contributed by atoms with Crippen LogP contribution in [0.15, 0.2) is 12.3 Å². The number of fused-ring (bicyclic) bond motifs is 1. The Morgan fingerprint density at radius 1 is 1.40 bits per heavy atom. The Labute approximate surface area is 120 Å². The highest BCUT2D eigenvalue weighted by molar-refractivity contribution is 5.79. The first kappa shape index (κ1) is 13.6. The Hall–Kier alpha value is -1.36. The summed E-state index contributed by atoms with van der Waals surface area (Å²) in [5.41, 5.74) is 1.27. The second kappa shape index (κ2) is 5.95. The molecule has 1 amide bonds. The minimum atomic E-state index is 0.192.